The highest BCUT2D eigenvalue weighted by molar-refractivity contribution is 8.00. The van der Waals surface area contributed by atoms with Crippen molar-refractivity contribution >= 4 is 29.3 Å². The van der Waals surface area contributed by atoms with Crippen LogP contribution in [0.15, 0.2) is 53.4 Å². The normalized spacial score (nSPS) is 16.2. The molecule has 0 spiro atoms. The number of thioether (sulfide) groups is 1. The maximum absolute atomic E-state index is 13.1. The van der Waals surface area contributed by atoms with Crippen LogP contribution in [0.3, 0.4) is 0 Å². The molecule has 5 nitrogen and oxygen atoms in total. The molecule has 0 aromatic heterocycles. The molecular formula is C21H24N2O3S. The van der Waals surface area contributed by atoms with E-state index in [1.807, 2.05) is 41.8 Å². The van der Waals surface area contributed by atoms with Crippen molar-refractivity contribution in [1.29, 1.82) is 0 Å². The molecule has 2 amide bonds. The fraction of sp³-hybridized carbons (Fsp3) is 0.333. The second kappa shape index (κ2) is 8.95. The molecule has 0 bridgehead atoms. The van der Waals surface area contributed by atoms with Crippen molar-refractivity contribution in [3.05, 3.63) is 54.1 Å². The number of ether oxygens (including phenoxy) is 1. The van der Waals surface area contributed by atoms with Crippen LogP contribution >= 0.6 is 11.8 Å². The lowest BCUT2D eigenvalue weighted by atomic mass is 10.1. The number of fused-ring (bicyclic) bond motifs is 1. The van der Waals surface area contributed by atoms with Crippen molar-refractivity contribution in [3.8, 4) is 5.75 Å². The monoisotopic (exact) mass is 384 g/mol. The number of nitrogens with zero attached hydrogens (tertiary/aromatic N) is 1. The van der Waals surface area contributed by atoms with E-state index in [2.05, 4.69) is 18.3 Å². The van der Waals surface area contributed by atoms with Crippen molar-refractivity contribution in [2.45, 2.75) is 30.4 Å². The van der Waals surface area contributed by atoms with Gasteiger partial charge in [0.15, 0.2) is 6.61 Å². The molecule has 1 atom stereocenters. The lowest BCUT2D eigenvalue weighted by Gasteiger charge is -2.22. The molecule has 0 saturated heterocycles. The van der Waals surface area contributed by atoms with Gasteiger partial charge in [0.2, 0.25) is 0 Å². The van der Waals surface area contributed by atoms with E-state index in [0.717, 1.165) is 17.0 Å². The zero-order valence-electron chi connectivity index (χ0n) is 15.6. The zero-order chi connectivity index (χ0) is 19.2. The van der Waals surface area contributed by atoms with Gasteiger partial charge in [0.1, 0.15) is 5.75 Å². The number of hydrogen-bond donors (Lipinski definition) is 1. The molecule has 1 N–H and O–H groups in total. The summed E-state index contributed by atoms with van der Waals surface area (Å²) < 4.78 is 5.45. The van der Waals surface area contributed by atoms with Gasteiger partial charge in [0.25, 0.3) is 11.8 Å². The summed E-state index contributed by atoms with van der Waals surface area (Å²) >= 11 is 1.81. The second-order valence-electron chi connectivity index (χ2n) is 6.41. The van der Waals surface area contributed by atoms with Gasteiger partial charge >= 0.3 is 0 Å². The van der Waals surface area contributed by atoms with Crippen molar-refractivity contribution in [2.75, 3.05) is 24.6 Å². The Kier molecular flexibility index (Phi) is 6.40. The first-order valence-electron chi connectivity index (χ1n) is 9.15. The highest BCUT2D eigenvalue weighted by atomic mass is 32.2. The summed E-state index contributed by atoms with van der Waals surface area (Å²) in [4.78, 5) is 27.6. The third-order valence-corrected chi connectivity index (χ3v) is 5.57. The third kappa shape index (κ3) is 4.83. The second-order valence-corrected chi connectivity index (χ2v) is 7.89. The number of nitrogens with one attached hydrogen (secondary N) is 1. The zero-order valence-corrected chi connectivity index (χ0v) is 16.4. The molecule has 0 radical (unpaired) electrons. The highest BCUT2D eigenvalue weighted by Crippen LogP contribution is 2.37. The van der Waals surface area contributed by atoms with Crippen LogP contribution in [0.25, 0.3) is 0 Å². The van der Waals surface area contributed by atoms with Crippen LogP contribution in [0.5, 0.6) is 5.75 Å². The SMILES string of the molecule is CCNC(=O)COc1ccc(C(=O)N2CC[C@@H](C)Sc3ccccc32)cc1. The average molecular weight is 385 g/mol. The van der Waals surface area contributed by atoms with Crippen LogP contribution in [0.2, 0.25) is 0 Å². The number of carbonyl (C=O) groups is 2. The molecule has 6 heteroatoms. The minimum Gasteiger partial charge on any atom is -0.484 e. The van der Waals surface area contributed by atoms with Crippen LogP contribution in [0.4, 0.5) is 5.69 Å². The van der Waals surface area contributed by atoms with Gasteiger partial charge in [-0.15, -0.1) is 11.8 Å². The number of hydrogen-bond acceptors (Lipinski definition) is 4. The van der Waals surface area contributed by atoms with Gasteiger partial charge < -0.3 is 15.0 Å². The summed E-state index contributed by atoms with van der Waals surface area (Å²) in [6.45, 7) is 5.29. The molecule has 1 heterocycles. The Morgan fingerprint density at radius 3 is 2.67 bits per heavy atom. The topological polar surface area (TPSA) is 58.6 Å². The Balaban J connectivity index is 1.73. The summed E-state index contributed by atoms with van der Waals surface area (Å²) in [5.74, 6) is 0.385. The van der Waals surface area contributed by atoms with E-state index in [0.29, 0.717) is 29.7 Å². The molecule has 3 rings (SSSR count). The first-order chi connectivity index (χ1) is 13.1. The number of para-hydroxylation sites is 1. The molecule has 142 valence electrons. The number of benzene rings is 2. The van der Waals surface area contributed by atoms with Crippen LogP contribution in [0.1, 0.15) is 30.6 Å². The minimum absolute atomic E-state index is 0.0209. The number of amides is 2. The van der Waals surface area contributed by atoms with E-state index in [9.17, 15) is 9.59 Å². The van der Waals surface area contributed by atoms with Gasteiger partial charge in [-0.3, -0.25) is 9.59 Å². The maximum Gasteiger partial charge on any atom is 0.258 e. The van der Waals surface area contributed by atoms with Crippen LogP contribution in [-0.2, 0) is 4.79 Å². The Bertz CT molecular complexity index is 807. The van der Waals surface area contributed by atoms with E-state index < -0.39 is 0 Å². The summed E-state index contributed by atoms with van der Waals surface area (Å²) in [7, 11) is 0. The molecule has 0 unspecified atom stereocenters. The van der Waals surface area contributed by atoms with Gasteiger partial charge in [0, 0.05) is 28.8 Å². The minimum atomic E-state index is -0.162. The van der Waals surface area contributed by atoms with Crippen LogP contribution in [-0.4, -0.2) is 36.8 Å². The Morgan fingerprint density at radius 2 is 1.93 bits per heavy atom. The predicted octanol–water partition coefficient (Wildman–Crippen LogP) is 3.73. The summed E-state index contributed by atoms with van der Waals surface area (Å²) in [5, 5.41) is 3.15. The van der Waals surface area contributed by atoms with Crippen molar-refractivity contribution in [3.63, 3.8) is 0 Å². The van der Waals surface area contributed by atoms with E-state index in [1.54, 1.807) is 24.3 Å². The van der Waals surface area contributed by atoms with Crippen molar-refractivity contribution < 1.29 is 14.3 Å². The third-order valence-electron chi connectivity index (χ3n) is 4.33. The highest BCUT2D eigenvalue weighted by Gasteiger charge is 2.24. The molecule has 0 fully saturated rings. The molecule has 1 aliphatic rings. The summed E-state index contributed by atoms with van der Waals surface area (Å²) in [6.07, 6.45) is 0.943. The molecular weight excluding hydrogens is 360 g/mol. The number of likely N-dealkylation sites (N-methyl/N-ethyl adjacent to an activating group) is 1. The Morgan fingerprint density at radius 1 is 1.19 bits per heavy atom. The predicted molar refractivity (Wildman–Crippen MR) is 109 cm³/mol. The number of anilines is 1. The smallest absolute Gasteiger partial charge is 0.258 e. The van der Waals surface area contributed by atoms with Gasteiger partial charge in [-0.1, -0.05) is 19.1 Å². The lowest BCUT2D eigenvalue weighted by Crippen LogP contribution is -2.32. The van der Waals surface area contributed by atoms with E-state index >= 15 is 0 Å². The van der Waals surface area contributed by atoms with Gasteiger partial charge in [-0.05, 0) is 49.7 Å². The van der Waals surface area contributed by atoms with Crippen molar-refractivity contribution in [1.82, 2.24) is 5.32 Å². The van der Waals surface area contributed by atoms with Crippen LogP contribution < -0.4 is 15.0 Å². The number of rotatable bonds is 5. The molecule has 0 aliphatic carbocycles. The largest absolute Gasteiger partial charge is 0.484 e. The lowest BCUT2D eigenvalue weighted by molar-refractivity contribution is -0.122. The molecule has 27 heavy (non-hydrogen) atoms. The maximum atomic E-state index is 13.1. The summed E-state index contributed by atoms with van der Waals surface area (Å²) in [5.41, 5.74) is 1.57. The number of carbonyl (C=O) groups excluding carboxylic acids is 2. The van der Waals surface area contributed by atoms with Gasteiger partial charge in [-0.25, -0.2) is 0 Å². The van der Waals surface area contributed by atoms with E-state index in [4.69, 9.17) is 4.74 Å². The van der Waals surface area contributed by atoms with E-state index in [1.165, 1.54) is 0 Å². The average Bonchev–Trinajstić information content (AvgIpc) is 2.84. The standard InChI is InChI=1S/C21H24N2O3S/c1-3-22-20(24)14-26-17-10-8-16(9-11-17)21(25)23-13-12-15(2)27-19-7-5-4-6-18(19)23/h4-11,15H,3,12-14H2,1-2H3,(H,22,24)/t15-/m1/s1. The van der Waals surface area contributed by atoms with E-state index in [-0.39, 0.29) is 18.4 Å². The molecule has 2 aromatic carbocycles. The molecule has 2 aromatic rings. The van der Waals surface area contributed by atoms with Gasteiger partial charge in [0.05, 0.1) is 5.69 Å². The fourth-order valence-electron chi connectivity index (χ4n) is 2.94. The molecule has 0 saturated carbocycles. The van der Waals surface area contributed by atoms with Gasteiger partial charge in [-0.2, -0.15) is 0 Å². The van der Waals surface area contributed by atoms with Crippen LogP contribution in [0, 0.1) is 0 Å². The summed E-state index contributed by atoms with van der Waals surface area (Å²) in [6, 6.07) is 15.0. The first-order valence-corrected chi connectivity index (χ1v) is 10.0. The Hall–Kier alpha value is -2.47. The quantitative estimate of drug-likeness (QED) is 0.853. The fourth-order valence-corrected chi connectivity index (χ4v) is 4.06. The Labute approximate surface area is 164 Å². The molecule has 1 aliphatic heterocycles. The first kappa shape index (κ1) is 19.3. The van der Waals surface area contributed by atoms with Crippen molar-refractivity contribution in [2.24, 2.45) is 0 Å².